The molecule has 0 aliphatic carbocycles. The third-order valence-electron chi connectivity index (χ3n) is 3.32. The summed E-state index contributed by atoms with van der Waals surface area (Å²) in [4.78, 5) is 29.9. The number of nitrogens with two attached hydrogens (primary N) is 1. The predicted octanol–water partition coefficient (Wildman–Crippen LogP) is 3.87. The smallest absolute Gasteiger partial charge is 0.489 e. The van der Waals surface area contributed by atoms with E-state index in [-0.39, 0.29) is 34.8 Å². The van der Waals surface area contributed by atoms with Crippen molar-refractivity contribution in [1.82, 2.24) is 9.94 Å². The van der Waals surface area contributed by atoms with E-state index >= 15 is 4.39 Å². The van der Waals surface area contributed by atoms with E-state index < -0.39 is 29.3 Å². The van der Waals surface area contributed by atoms with Gasteiger partial charge in [-0.3, -0.25) is 10.2 Å². The number of ether oxygens (including phenoxy) is 3. The summed E-state index contributed by atoms with van der Waals surface area (Å²) < 4.78 is 30.7. The maximum absolute atomic E-state index is 15.1. The maximum atomic E-state index is 15.1. The van der Waals surface area contributed by atoms with Crippen LogP contribution >= 0.6 is 0 Å². The normalized spacial score (nSPS) is 11.9. The first-order valence-electron chi connectivity index (χ1n) is 9.26. The fraction of sp³-hybridized carbons (Fsp3) is 0.526. The van der Waals surface area contributed by atoms with Crippen molar-refractivity contribution in [3.8, 4) is 5.75 Å². The minimum atomic E-state index is -1.12. The number of rotatable bonds is 4. The number of hydrogen-bond acceptors (Lipinski definition) is 8. The first kappa shape index (κ1) is 23.0. The van der Waals surface area contributed by atoms with Gasteiger partial charge in [-0.1, -0.05) is 4.85 Å². The van der Waals surface area contributed by atoms with Gasteiger partial charge in [-0.25, -0.2) is 14.0 Å². The zero-order chi connectivity index (χ0) is 22.9. The van der Waals surface area contributed by atoms with Crippen LogP contribution in [-0.2, 0) is 9.47 Å². The number of hydrogen-bond donors (Lipinski definition) is 2. The SMILES string of the molecule is CCOc1c(N)cc2c(NC(=O)OC(C)(C)C)nn(OC(=O)OC(C)(C)C)c2c1F. The van der Waals surface area contributed by atoms with Crippen LogP contribution in [0, 0.1) is 5.82 Å². The molecule has 1 aromatic carbocycles. The van der Waals surface area contributed by atoms with E-state index in [0.29, 0.717) is 4.85 Å². The number of fused-ring (bicyclic) bond motifs is 1. The first-order valence-corrected chi connectivity index (χ1v) is 9.26. The van der Waals surface area contributed by atoms with Gasteiger partial charge in [-0.05, 0) is 54.5 Å². The van der Waals surface area contributed by atoms with Gasteiger partial charge in [0.25, 0.3) is 0 Å². The van der Waals surface area contributed by atoms with E-state index in [1.54, 1.807) is 48.5 Å². The molecule has 1 amide bonds. The number of carbonyl (C=O) groups excluding carboxylic acids is 2. The van der Waals surface area contributed by atoms with Gasteiger partial charge in [0.05, 0.1) is 17.7 Å². The predicted molar refractivity (Wildman–Crippen MR) is 108 cm³/mol. The van der Waals surface area contributed by atoms with Crippen molar-refractivity contribution in [2.24, 2.45) is 0 Å². The molecule has 0 saturated carbocycles. The topological polar surface area (TPSA) is 127 Å². The van der Waals surface area contributed by atoms with Crippen molar-refractivity contribution in [3.63, 3.8) is 0 Å². The Morgan fingerprint density at radius 1 is 1.17 bits per heavy atom. The number of aromatic nitrogens is 2. The molecule has 0 unspecified atom stereocenters. The van der Waals surface area contributed by atoms with Gasteiger partial charge in [0, 0.05) is 0 Å². The lowest BCUT2D eigenvalue weighted by molar-refractivity contribution is -0.0148. The van der Waals surface area contributed by atoms with Crippen LogP contribution in [0.1, 0.15) is 48.5 Å². The Kier molecular flexibility index (Phi) is 6.33. The summed E-state index contributed by atoms with van der Waals surface area (Å²) in [6.45, 7) is 11.8. The molecule has 0 aliphatic rings. The van der Waals surface area contributed by atoms with Crippen molar-refractivity contribution in [2.75, 3.05) is 17.7 Å². The van der Waals surface area contributed by atoms with Crippen molar-refractivity contribution in [1.29, 1.82) is 0 Å². The minimum Gasteiger partial charge on any atom is -0.489 e. The largest absolute Gasteiger partial charge is 0.535 e. The van der Waals surface area contributed by atoms with Crippen molar-refractivity contribution >= 4 is 34.7 Å². The summed E-state index contributed by atoms with van der Waals surface area (Å²) >= 11 is 0. The van der Waals surface area contributed by atoms with Crippen LogP contribution in [0.3, 0.4) is 0 Å². The van der Waals surface area contributed by atoms with E-state index in [9.17, 15) is 9.59 Å². The summed E-state index contributed by atoms with van der Waals surface area (Å²) in [6, 6.07) is 1.35. The Bertz CT molecular complexity index is 959. The highest BCUT2D eigenvalue weighted by Gasteiger charge is 2.27. The molecule has 0 radical (unpaired) electrons. The Morgan fingerprint density at radius 3 is 2.30 bits per heavy atom. The molecule has 0 fully saturated rings. The average molecular weight is 426 g/mol. The second-order valence-electron chi connectivity index (χ2n) is 8.34. The standard InChI is InChI=1S/C19H27FN4O6/c1-8-27-14-11(21)9-10-13(12(14)20)24(30-17(26)29-19(5,6)7)23-15(10)22-16(25)28-18(2,3)4/h9H,8,21H2,1-7H3,(H,22,23,25). The molecule has 2 aromatic rings. The zero-order valence-corrected chi connectivity index (χ0v) is 18.1. The van der Waals surface area contributed by atoms with Crippen LogP contribution < -0.4 is 20.6 Å². The first-order chi connectivity index (χ1) is 13.7. The fourth-order valence-corrected chi connectivity index (χ4v) is 2.39. The van der Waals surface area contributed by atoms with E-state index in [4.69, 9.17) is 24.8 Å². The number of amides is 1. The second kappa shape index (κ2) is 8.25. The highest BCUT2D eigenvalue weighted by molar-refractivity contribution is 6.00. The van der Waals surface area contributed by atoms with Crippen molar-refractivity contribution in [3.05, 3.63) is 11.9 Å². The van der Waals surface area contributed by atoms with Gasteiger partial charge in [0.15, 0.2) is 22.9 Å². The van der Waals surface area contributed by atoms with Crippen LogP contribution in [0.2, 0.25) is 0 Å². The van der Waals surface area contributed by atoms with Gasteiger partial charge in [-0.15, -0.1) is 5.10 Å². The monoisotopic (exact) mass is 426 g/mol. The Balaban J connectivity index is 2.54. The number of halogens is 1. The van der Waals surface area contributed by atoms with Crippen molar-refractivity contribution in [2.45, 2.75) is 59.7 Å². The lowest BCUT2D eigenvalue weighted by Gasteiger charge is -2.19. The number of anilines is 2. The van der Waals surface area contributed by atoms with Crippen molar-refractivity contribution < 1.29 is 33.0 Å². The van der Waals surface area contributed by atoms with E-state index in [0.717, 1.165) is 0 Å². The quantitative estimate of drug-likeness (QED) is 0.557. The van der Waals surface area contributed by atoms with Crippen LogP contribution in [0.4, 0.5) is 25.5 Å². The maximum Gasteiger partial charge on any atom is 0.535 e. The number of nitrogens with zero attached hydrogens (tertiary/aromatic N) is 2. The Morgan fingerprint density at radius 2 is 1.77 bits per heavy atom. The van der Waals surface area contributed by atoms with Crippen LogP contribution in [-0.4, -0.2) is 40.0 Å². The molecule has 0 saturated heterocycles. The molecular weight excluding hydrogens is 399 g/mol. The van der Waals surface area contributed by atoms with Crippen LogP contribution in [0.5, 0.6) is 5.75 Å². The van der Waals surface area contributed by atoms with E-state index in [1.165, 1.54) is 6.07 Å². The number of carbonyl (C=O) groups is 2. The molecule has 0 bridgehead atoms. The zero-order valence-electron chi connectivity index (χ0n) is 18.1. The van der Waals surface area contributed by atoms with E-state index in [1.807, 2.05) is 0 Å². The molecule has 2 rings (SSSR count). The molecule has 166 valence electrons. The molecular formula is C19H27FN4O6. The molecule has 0 spiro atoms. The van der Waals surface area contributed by atoms with Gasteiger partial charge in [0.1, 0.15) is 11.2 Å². The number of benzene rings is 1. The van der Waals surface area contributed by atoms with Gasteiger partial charge in [0.2, 0.25) is 0 Å². The van der Waals surface area contributed by atoms with Gasteiger partial charge >= 0.3 is 12.2 Å². The van der Waals surface area contributed by atoms with E-state index in [2.05, 4.69) is 10.4 Å². The summed E-state index contributed by atoms with van der Waals surface area (Å²) in [6.07, 6.45) is -1.95. The van der Waals surface area contributed by atoms with Gasteiger partial charge < -0.3 is 19.9 Å². The highest BCUT2D eigenvalue weighted by Crippen LogP contribution is 2.36. The number of nitrogen functional groups attached to an aromatic ring is 1. The second-order valence-corrected chi connectivity index (χ2v) is 8.34. The number of nitrogens with one attached hydrogen (secondary N) is 1. The summed E-state index contributed by atoms with van der Waals surface area (Å²) in [5.41, 5.74) is 3.97. The molecule has 3 N–H and O–H groups in total. The Hall–Kier alpha value is -3.24. The molecule has 0 atom stereocenters. The average Bonchev–Trinajstić information content (AvgIpc) is 2.84. The molecule has 30 heavy (non-hydrogen) atoms. The molecule has 1 aromatic heterocycles. The van der Waals surface area contributed by atoms with Gasteiger partial charge in [-0.2, -0.15) is 0 Å². The highest BCUT2D eigenvalue weighted by atomic mass is 19.1. The minimum absolute atomic E-state index is 0.0223. The molecule has 10 nitrogen and oxygen atoms in total. The lowest BCUT2D eigenvalue weighted by Crippen LogP contribution is -2.30. The summed E-state index contributed by atoms with van der Waals surface area (Å²) in [5, 5.41) is 6.44. The molecule has 1 heterocycles. The molecule has 0 aliphatic heterocycles. The summed E-state index contributed by atoms with van der Waals surface area (Å²) in [5.74, 6) is -1.28. The fourth-order valence-electron chi connectivity index (χ4n) is 2.39. The third kappa shape index (κ3) is 5.65. The Labute approximate surface area is 173 Å². The molecule has 11 heteroatoms. The van der Waals surface area contributed by atoms with Crippen LogP contribution in [0.15, 0.2) is 6.07 Å². The third-order valence-corrected chi connectivity index (χ3v) is 3.32. The van der Waals surface area contributed by atoms with Crippen LogP contribution in [0.25, 0.3) is 10.9 Å². The lowest BCUT2D eigenvalue weighted by atomic mass is 10.2. The summed E-state index contributed by atoms with van der Waals surface area (Å²) in [7, 11) is 0.